The molecule has 0 bridgehead atoms. The molecule has 4 heteroatoms. The molecular formula is C8H19N3O. The lowest BCUT2D eigenvalue weighted by Gasteiger charge is -2.15. The zero-order valence-electron chi connectivity index (χ0n) is 7.97. The molecule has 1 amide bonds. The van der Waals surface area contributed by atoms with Gasteiger partial charge < -0.3 is 16.0 Å². The molecule has 0 aliphatic carbocycles. The average molecular weight is 173 g/mol. The summed E-state index contributed by atoms with van der Waals surface area (Å²) in [4.78, 5) is 12.6. The van der Waals surface area contributed by atoms with E-state index in [2.05, 4.69) is 10.2 Å². The normalized spacial score (nSPS) is 10.3. The van der Waals surface area contributed by atoms with Crippen LogP contribution in [0.1, 0.15) is 13.3 Å². The van der Waals surface area contributed by atoms with Gasteiger partial charge in [0.2, 0.25) is 5.91 Å². The first-order valence-corrected chi connectivity index (χ1v) is 4.30. The highest BCUT2D eigenvalue weighted by atomic mass is 16.1. The molecule has 0 aromatic heterocycles. The van der Waals surface area contributed by atoms with Gasteiger partial charge in [-0.05, 0) is 26.6 Å². The van der Waals surface area contributed by atoms with Gasteiger partial charge in [0.1, 0.15) is 0 Å². The Morgan fingerprint density at radius 1 is 1.50 bits per heavy atom. The maximum absolute atomic E-state index is 10.5. The lowest BCUT2D eigenvalue weighted by Crippen LogP contribution is -2.32. The Hall–Kier alpha value is -0.610. The molecule has 0 aromatic rings. The Bertz CT molecular complexity index is 127. The highest BCUT2D eigenvalue weighted by molar-refractivity contribution is 5.72. The van der Waals surface area contributed by atoms with Crippen LogP contribution in [0.3, 0.4) is 0 Å². The number of carbonyl (C=O) groups is 1. The third-order valence-electron chi connectivity index (χ3n) is 1.61. The fourth-order valence-electron chi connectivity index (χ4n) is 0.896. The molecule has 0 rings (SSSR count). The van der Waals surface area contributed by atoms with Crippen LogP contribution in [0.25, 0.3) is 0 Å². The van der Waals surface area contributed by atoms with Crippen molar-refractivity contribution in [2.24, 2.45) is 5.73 Å². The number of nitrogens with one attached hydrogen (secondary N) is 1. The summed E-state index contributed by atoms with van der Waals surface area (Å²) in [7, 11) is 2.03. The molecule has 0 atom stereocenters. The van der Waals surface area contributed by atoms with Crippen LogP contribution in [0.5, 0.6) is 0 Å². The van der Waals surface area contributed by atoms with Gasteiger partial charge in [0.25, 0.3) is 0 Å². The molecule has 4 nitrogen and oxygen atoms in total. The molecule has 12 heavy (non-hydrogen) atoms. The molecule has 0 aromatic carbocycles. The Morgan fingerprint density at radius 3 is 2.67 bits per heavy atom. The molecule has 0 saturated carbocycles. The quantitative estimate of drug-likeness (QED) is 0.564. The van der Waals surface area contributed by atoms with Crippen molar-refractivity contribution in [3.63, 3.8) is 0 Å². The Balaban J connectivity index is 3.19. The van der Waals surface area contributed by atoms with Gasteiger partial charge in [-0.3, -0.25) is 4.79 Å². The van der Waals surface area contributed by atoms with Crippen molar-refractivity contribution in [1.29, 1.82) is 0 Å². The fraction of sp³-hybridized carbons (Fsp3) is 0.875. The van der Waals surface area contributed by atoms with E-state index in [1.54, 1.807) is 0 Å². The molecule has 0 spiro atoms. The van der Waals surface area contributed by atoms with Crippen LogP contribution in [0.15, 0.2) is 0 Å². The van der Waals surface area contributed by atoms with E-state index in [0.29, 0.717) is 0 Å². The molecule has 0 fully saturated rings. The van der Waals surface area contributed by atoms with Gasteiger partial charge in [0.05, 0.1) is 0 Å². The fourth-order valence-corrected chi connectivity index (χ4v) is 0.896. The van der Waals surface area contributed by atoms with Crippen LogP contribution >= 0.6 is 0 Å². The van der Waals surface area contributed by atoms with Gasteiger partial charge in [0.15, 0.2) is 0 Å². The monoisotopic (exact) mass is 173 g/mol. The van der Waals surface area contributed by atoms with E-state index < -0.39 is 0 Å². The minimum absolute atomic E-state index is 0.0298. The Labute approximate surface area is 74.1 Å². The van der Waals surface area contributed by atoms with Crippen molar-refractivity contribution in [2.75, 3.05) is 33.2 Å². The summed E-state index contributed by atoms with van der Waals surface area (Å²) in [6.07, 6.45) is 1.01. The van der Waals surface area contributed by atoms with E-state index in [0.717, 1.165) is 32.6 Å². The summed E-state index contributed by atoms with van der Waals surface area (Å²) in [6.45, 7) is 4.86. The third kappa shape index (κ3) is 7.50. The van der Waals surface area contributed by atoms with Crippen molar-refractivity contribution in [3.05, 3.63) is 0 Å². The summed E-state index contributed by atoms with van der Waals surface area (Å²) in [5, 5.41) is 2.74. The number of nitrogens with zero attached hydrogens (tertiary/aromatic N) is 1. The van der Waals surface area contributed by atoms with E-state index in [9.17, 15) is 4.79 Å². The first-order chi connectivity index (χ1) is 5.66. The topological polar surface area (TPSA) is 58.4 Å². The van der Waals surface area contributed by atoms with Crippen LogP contribution in [0, 0.1) is 0 Å². The standard InChI is InChI=1S/C8H19N3O/c1-8(12)10-5-7-11(2)6-3-4-9/h3-7,9H2,1-2H3,(H,10,12). The van der Waals surface area contributed by atoms with Crippen molar-refractivity contribution in [2.45, 2.75) is 13.3 Å². The van der Waals surface area contributed by atoms with Crippen LogP contribution in [-0.4, -0.2) is 44.0 Å². The maximum Gasteiger partial charge on any atom is 0.216 e. The number of likely N-dealkylation sites (N-methyl/N-ethyl adjacent to an activating group) is 1. The molecule has 0 aliphatic rings. The number of amides is 1. The maximum atomic E-state index is 10.5. The lowest BCUT2D eigenvalue weighted by atomic mass is 10.4. The smallest absolute Gasteiger partial charge is 0.216 e. The number of nitrogens with two attached hydrogens (primary N) is 1. The van der Waals surface area contributed by atoms with E-state index in [1.165, 1.54) is 6.92 Å². The van der Waals surface area contributed by atoms with E-state index >= 15 is 0 Å². The highest BCUT2D eigenvalue weighted by Gasteiger charge is 1.96. The average Bonchev–Trinajstić information content (AvgIpc) is 2.00. The molecule has 0 aliphatic heterocycles. The second-order valence-electron chi connectivity index (χ2n) is 2.93. The van der Waals surface area contributed by atoms with Crippen LogP contribution in [-0.2, 0) is 4.79 Å². The number of hydrogen-bond acceptors (Lipinski definition) is 3. The summed E-state index contributed by atoms with van der Waals surface area (Å²) in [6, 6.07) is 0. The van der Waals surface area contributed by atoms with Gasteiger partial charge >= 0.3 is 0 Å². The van der Waals surface area contributed by atoms with Gasteiger partial charge in [-0.15, -0.1) is 0 Å². The minimum atomic E-state index is 0.0298. The SMILES string of the molecule is CC(=O)NCCN(C)CCCN. The van der Waals surface area contributed by atoms with E-state index in [-0.39, 0.29) is 5.91 Å². The van der Waals surface area contributed by atoms with Crippen molar-refractivity contribution < 1.29 is 4.79 Å². The van der Waals surface area contributed by atoms with E-state index in [4.69, 9.17) is 5.73 Å². The summed E-state index contributed by atoms with van der Waals surface area (Å²) in [5.74, 6) is 0.0298. The molecule has 0 saturated heterocycles. The number of hydrogen-bond donors (Lipinski definition) is 2. The second-order valence-corrected chi connectivity index (χ2v) is 2.93. The molecule has 3 N–H and O–H groups in total. The Morgan fingerprint density at radius 2 is 2.17 bits per heavy atom. The zero-order valence-corrected chi connectivity index (χ0v) is 7.97. The third-order valence-corrected chi connectivity index (χ3v) is 1.61. The summed E-state index contributed by atoms with van der Waals surface area (Å²) >= 11 is 0. The summed E-state index contributed by atoms with van der Waals surface area (Å²) < 4.78 is 0. The van der Waals surface area contributed by atoms with Gasteiger partial charge in [0, 0.05) is 20.0 Å². The van der Waals surface area contributed by atoms with Crippen molar-refractivity contribution in [3.8, 4) is 0 Å². The largest absolute Gasteiger partial charge is 0.355 e. The lowest BCUT2D eigenvalue weighted by molar-refractivity contribution is -0.118. The number of rotatable bonds is 6. The van der Waals surface area contributed by atoms with Crippen molar-refractivity contribution in [1.82, 2.24) is 10.2 Å². The first-order valence-electron chi connectivity index (χ1n) is 4.30. The Kier molecular flexibility index (Phi) is 6.70. The zero-order chi connectivity index (χ0) is 9.40. The van der Waals surface area contributed by atoms with Gasteiger partial charge in [-0.2, -0.15) is 0 Å². The van der Waals surface area contributed by atoms with Crippen LogP contribution in [0.2, 0.25) is 0 Å². The molecular weight excluding hydrogens is 154 g/mol. The summed E-state index contributed by atoms with van der Waals surface area (Å²) in [5.41, 5.74) is 5.36. The van der Waals surface area contributed by atoms with E-state index in [1.807, 2.05) is 7.05 Å². The van der Waals surface area contributed by atoms with Crippen LogP contribution in [0.4, 0.5) is 0 Å². The minimum Gasteiger partial charge on any atom is -0.355 e. The number of carbonyl (C=O) groups excluding carboxylic acids is 1. The second kappa shape index (κ2) is 7.06. The van der Waals surface area contributed by atoms with Crippen molar-refractivity contribution >= 4 is 5.91 Å². The molecule has 0 radical (unpaired) electrons. The molecule has 0 heterocycles. The van der Waals surface area contributed by atoms with Gasteiger partial charge in [-0.1, -0.05) is 0 Å². The highest BCUT2D eigenvalue weighted by Crippen LogP contribution is 1.83. The first kappa shape index (κ1) is 11.4. The molecule has 72 valence electrons. The van der Waals surface area contributed by atoms with Gasteiger partial charge in [-0.25, -0.2) is 0 Å². The predicted molar refractivity (Wildman–Crippen MR) is 49.9 cm³/mol. The predicted octanol–water partition coefficient (Wildman–Crippen LogP) is -0.597. The van der Waals surface area contributed by atoms with Crippen LogP contribution < -0.4 is 11.1 Å². The molecule has 0 unspecified atom stereocenters.